The summed E-state index contributed by atoms with van der Waals surface area (Å²) in [7, 11) is 0. The SMILES string of the molecule is NC(CO)C(=O)Nc1ccc(-c2ccnc(Nc3ccc(N4CCOCC4)cc3)n2)cc1. The van der Waals surface area contributed by atoms with Crippen molar-refractivity contribution >= 4 is 28.9 Å². The van der Waals surface area contributed by atoms with E-state index < -0.39 is 18.6 Å². The zero-order valence-corrected chi connectivity index (χ0v) is 17.6. The van der Waals surface area contributed by atoms with Gasteiger partial charge in [-0.2, -0.15) is 0 Å². The Morgan fingerprint density at radius 2 is 1.75 bits per heavy atom. The van der Waals surface area contributed by atoms with Gasteiger partial charge in [-0.25, -0.2) is 9.97 Å². The van der Waals surface area contributed by atoms with Crippen LogP contribution >= 0.6 is 0 Å². The number of ether oxygens (including phenoxy) is 1. The van der Waals surface area contributed by atoms with E-state index >= 15 is 0 Å². The summed E-state index contributed by atoms with van der Waals surface area (Å²) in [6, 6.07) is 16.3. The predicted octanol–water partition coefficient (Wildman–Crippen LogP) is 1.98. The van der Waals surface area contributed by atoms with Gasteiger partial charge in [0.25, 0.3) is 0 Å². The molecule has 0 aliphatic carbocycles. The van der Waals surface area contributed by atoms with E-state index in [0.29, 0.717) is 11.6 Å². The minimum absolute atomic E-state index is 0.406. The molecule has 9 heteroatoms. The van der Waals surface area contributed by atoms with Crippen LogP contribution in [0, 0.1) is 0 Å². The number of benzene rings is 2. The number of rotatable bonds is 7. The average molecular weight is 435 g/mol. The van der Waals surface area contributed by atoms with Gasteiger partial charge in [-0.15, -0.1) is 0 Å². The summed E-state index contributed by atoms with van der Waals surface area (Å²) in [6.07, 6.45) is 1.70. The van der Waals surface area contributed by atoms with Crippen LogP contribution in [0.3, 0.4) is 0 Å². The molecule has 0 saturated carbocycles. The molecule has 1 aromatic heterocycles. The first-order chi connectivity index (χ1) is 15.6. The second-order valence-corrected chi connectivity index (χ2v) is 7.39. The number of anilines is 4. The Morgan fingerprint density at radius 3 is 2.44 bits per heavy atom. The van der Waals surface area contributed by atoms with Crippen LogP contribution < -0.4 is 21.3 Å². The van der Waals surface area contributed by atoms with Gasteiger partial charge < -0.3 is 31.1 Å². The topological polar surface area (TPSA) is 126 Å². The molecule has 1 aliphatic rings. The molecule has 166 valence electrons. The van der Waals surface area contributed by atoms with E-state index in [9.17, 15) is 4.79 Å². The van der Waals surface area contributed by atoms with Crippen molar-refractivity contribution in [1.82, 2.24) is 9.97 Å². The molecule has 4 rings (SSSR count). The molecule has 1 fully saturated rings. The lowest BCUT2D eigenvalue weighted by Gasteiger charge is -2.28. The maximum Gasteiger partial charge on any atom is 0.243 e. The molecule has 0 bridgehead atoms. The Kier molecular flexibility index (Phi) is 6.90. The summed E-state index contributed by atoms with van der Waals surface area (Å²) < 4.78 is 5.41. The molecular weight excluding hydrogens is 408 g/mol. The Morgan fingerprint density at radius 1 is 1.06 bits per heavy atom. The summed E-state index contributed by atoms with van der Waals surface area (Å²) in [5.74, 6) is 0.0568. The average Bonchev–Trinajstić information content (AvgIpc) is 2.85. The lowest BCUT2D eigenvalue weighted by Crippen LogP contribution is -2.38. The highest BCUT2D eigenvalue weighted by molar-refractivity contribution is 5.94. The number of nitrogens with one attached hydrogen (secondary N) is 2. The highest BCUT2D eigenvalue weighted by atomic mass is 16.5. The summed E-state index contributed by atoms with van der Waals surface area (Å²) >= 11 is 0. The number of morpholine rings is 1. The van der Waals surface area contributed by atoms with Gasteiger partial charge in [-0.1, -0.05) is 12.1 Å². The van der Waals surface area contributed by atoms with Crippen molar-refractivity contribution in [1.29, 1.82) is 0 Å². The van der Waals surface area contributed by atoms with E-state index in [4.69, 9.17) is 15.6 Å². The molecule has 0 radical (unpaired) electrons. The van der Waals surface area contributed by atoms with Gasteiger partial charge in [0.05, 0.1) is 25.5 Å². The third-order valence-electron chi connectivity index (χ3n) is 5.14. The summed E-state index contributed by atoms with van der Waals surface area (Å²) in [5, 5.41) is 14.9. The number of amides is 1. The van der Waals surface area contributed by atoms with Crippen molar-refractivity contribution in [2.24, 2.45) is 5.73 Å². The number of carbonyl (C=O) groups excluding carboxylic acids is 1. The smallest absolute Gasteiger partial charge is 0.243 e. The van der Waals surface area contributed by atoms with Gasteiger partial charge in [0.15, 0.2) is 0 Å². The Balaban J connectivity index is 1.41. The van der Waals surface area contributed by atoms with Gasteiger partial charge in [0.1, 0.15) is 6.04 Å². The first-order valence-corrected chi connectivity index (χ1v) is 10.4. The van der Waals surface area contributed by atoms with Crippen LogP contribution in [0.5, 0.6) is 0 Å². The van der Waals surface area contributed by atoms with E-state index in [-0.39, 0.29) is 0 Å². The quantitative estimate of drug-likeness (QED) is 0.445. The minimum atomic E-state index is -0.951. The van der Waals surface area contributed by atoms with E-state index in [1.807, 2.05) is 30.3 Å². The number of carbonyl (C=O) groups is 1. The largest absolute Gasteiger partial charge is 0.394 e. The normalized spacial score (nSPS) is 14.6. The van der Waals surface area contributed by atoms with Crippen LogP contribution in [0.25, 0.3) is 11.3 Å². The third-order valence-corrected chi connectivity index (χ3v) is 5.14. The van der Waals surface area contributed by atoms with Gasteiger partial charge in [0, 0.05) is 41.9 Å². The molecule has 1 saturated heterocycles. The van der Waals surface area contributed by atoms with Crippen molar-refractivity contribution in [3.63, 3.8) is 0 Å². The fourth-order valence-corrected chi connectivity index (χ4v) is 3.33. The molecule has 1 aliphatic heterocycles. The van der Waals surface area contributed by atoms with E-state index in [0.717, 1.165) is 43.2 Å². The predicted molar refractivity (Wildman–Crippen MR) is 124 cm³/mol. The maximum absolute atomic E-state index is 11.8. The van der Waals surface area contributed by atoms with E-state index in [2.05, 4.69) is 37.6 Å². The summed E-state index contributed by atoms with van der Waals surface area (Å²) in [4.78, 5) is 23.0. The third kappa shape index (κ3) is 5.38. The molecule has 32 heavy (non-hydrogen) atoms. The zero-order valence-electron chi connectivity index (χ0n) is 17.6. The molecule has 0 spiro atoms. The molecule has 3 aromatic rings. The Bertz CT molecular complexity index is 1040. The van der Waals surface area contributed by atoms with E-state index in [1.54, 1.807) is 18.3 Å². The van der Waals surface area contributed by atoms with Crippen molar-refractivity contribution in [3.05, 3.63) is 60.8 Å². The minimum Gasteiger partial charge on any atom is -0.394 e. The van der Waals surface area contributed by atoms with Gasteiger partial charge in [-0.05, 0) is 42.5 Å². The van der Waals surface area contributed by atoms with Crippen molar-refractivity contribution in [2.75, 3.05) is 48.4 Å². The first kappa shape index (κ1) is 21.7. The standard InChI is InChI=1S/C23H26N6O3/c24-20(15-30)22(31)26-17-3-1-16(2-4-17)21-9-10-25-23(28-21)27-18-5-7-19(8-6-18)29-11-13-32-14-12-29/h1-10,20,30H,11-15,24H2,(H,26,31)(H,25,27,28). The highest BCUT2D eigenvalue weighted by Crippen LogP contribution is 2.23. The lowest BCUT2D eigenvalue weighted by molar-refractivity contribution is -0.118. The molecular formula is C23H26N6O3. The van der Waals surface area contributed by atoms with E-state index in [1.165, 1.54) is 5.69 Å². The van der Waals surface area contributed by atoms with Gasteiger partial charge >= 0.3 is 0 Å². The zero-order chi connectivity index (χ0) is 22.3. The van der Waals surface area contributed by atoms with Gasteiger partial charge in [0.2, 0.25) is 11.9 Å². The maximum atomic E-state index is 11.8. The van der Waals surface area contributed by atoms with Crippen LogP contribution in [0.2, 0.25) is 0 Å². The molecule has 1 amide bonds. The number of hydrogen-bond acceptors (Lipinski definition) is 8. The first-order valence-electron chi connectivity index (χ1n) is 10.4. The Labute approximate surface area is 186 Å². The number of nitrogens with zero attached hydrogens (tertiary/aromatic N) is 3. The molecule has 5 N–H and O–H groups in total. The van der Waals surface area contributed by atoms with Crippen LogP contribution in [-0.4, -0.2) is 59.9 Å². The Hall–Kier alpha value is -3.53. The summed E-state index contributed by atoms with van der Waals surface area (Å²) in [5.41, 5.74) is 9.80. The van der Waals surface area contributed by atoms with Crippen LogP contribution in [-0.2, 0) is 9.53 Å². The fourth-order valence-electron chi connectivity index (χ4n) is 3.33. The molecule has 2 heterocycles. The highest BCUT2D eigenvalue weighted by Gasteiger charge is 2.13. The molecule has 9 nitrogen and oxygen atoms in total. The monoisotopic (exact) mass is 434 g/mol. The number of hydrogen-bond donors (Lipinski definition) is 4. The van der Waals surface area contributed by atoms with Crippen molar-refractivity contribution < 1.29 is 14.6 Å². The number of aromatic nitrogens is 2. The molecule has 1 unspecified atom stereocenters. The lowest BCUT2D eigenvalue weighted by atomic mass is 10.1. The van der Waals surface area contributed by atoms with Crippen LogP contribution in [0.15, 0.2) is 60.8 Å². The second-order valence-electron chi connectivity index (χ2n) is 7.39. The van der Waals surface area contributed by atoms with Crippen molar-refractivity contribution in [2.45, 2.75) is 6.04 Å². The van der Waals surface area contributed by atoms with Crippen molar-refractivity contribution in [3.8, 4) is 11.3 Å². The molecule has 2 aromatic carbocycles. The summed E-state index contributed by atoms with van der Waals surface area (Å²) in [6.45, 7) is 2.90. The second kappa shape index (κ2) is 10.2. The number of aliphatic hydroxyl groups is 1. The fraction of sp³-hybridized carbons (Fsp3) is 0.261. The van der Waals surface area contributed by atoms with Gasteiger partial charge in [-0.3, -0.25) is 4.79 Å². The number of aliphatic hydroxyl groups excluding tert-OH is 1. The molecule has 1 atom stereocenters. The van der Waals surface area contributed by atoms with Crippen LogP contribution in [0.4, 0.5) is 23.0 Å². The number of nitrogens with two attached hydrogens (primary N) is 1. The van der Waals surface area contributed by atoms with Crippen LogP contribution in [0.1, 0.15) is 0 Å².